The van der Waals surface area contributed by atoms with Crippen molar-refractivity contribution >= 4 is 7.82 Å². The fraction of sp³-hybridized carbons (Fsp3) is 1.00. The van der Waals surface area contributed by atoms with Gasteiger partial charge in [-0.15, -0.1) is 0 Å². The second-order valence-electron chi connectivity index (χ2n) is 7.20. The van der Waals surface area contributed by atoms with Crippen LogP contribution in [0.3, 0.4) is 0 Å². The fourth-order valence-electron chi connectivity index (χ4n) is 3.36. The van der Waals surface area contributed by atoms with Crippen molar-refractivity contribution in [1.29, 1.82) is 0 Å². The van der Waals surface area contributed by atoms with Crippen LogP contribution in [0.1, 0.15) is 117 Å². The third-order valence-electron chi connectivity index (χ3n) is 4.77. The van der Waals surface area contributed by atoms with Crippen LogP contribution in [0.5, 0.6) is 0 Å². The zero-order chi connectivity index (χ0) is 18.3. The Morgan fingerprint density at radius 2 is 1.04 bits per heavy atom. The van der Waals surface area contributed by atoms with Crippen LogP contribution in [0.25, 0.3) is 0 Å². The monoisotopic (exact) mass is 364 g/mol. The first-order valence-corrected chi connectivity index (χ1v) is 11.7. The van der Waals surface area contributed by atoms with Gasteiger partial charge in [-0.05, 0) is 19.3 Å². The Morgan fingerprint density at radius 3 is 1.42 bits per heavy atom. The Balaban J connectivity index is 4.69. The molecule has 0 aliphatic rings. The molecule has 4 nitrogen and oxygen atoms in total. The van der Waals surface area contributed by atoms with E-state index >= 15 is 0 Å². The lowest BCUT2D eigenvalue weighted by molar-refractivity contribution is 0.00571. The molecule has 0 amide bonds. The van der Waals surface area contributed by atoms with E-state index in [1.165, 1.54) is 38.5 Å². The highest BCUT2D eigenvalue weighted by Gasteiger charge is 2.36. The van der Waals surface area contributed by atoms with E-state index in [0.717, 1.165) is 57.8 Å². The number of hydrogen-bond acceptors (Lipinski definition) is 2. The average Bonchev–Trinajstić information content (AvgIpc) is 2.51. The maximum atomic E-state index is 11.6. The van der Waals surface area contributed by atoms with Crippen molar-refractivity contribution in [3.8, 4) is 0 Å². The van der Waals surface area contributed by atoms with Gasteiger partial charge in [-0.25, -0.2) is 4.57 Å². The van der Waals surface area contributed by atoms with Gasteiger partial charge in [0.15, 0.2) is 0 Å². The summed E-state index contributed by atoms with van der Waals surface area (Å²) < 4.78 is 17.0. The summed E-state index contributed by atoms with van der Waals surface area (Å²) in [6.07, 6.45) is 15.8. The quantitative estimate of drug-likeness (QED) is 0.221. The molecule has 0 bridgehead atoms. The molecule has 0 rings (SSSR count). The van der Waals surface area contributed by atoms with Crippen LogP contribution in [0, 0.1) is 0 Å². The van der Waals surface area contributed by atoms with Gasteiger partial charge < -0.3 is 9.79 Å². The van der Waals surface area contributed by atoms with Crippen LogP contribution in [-0.2, 0) is 9.09 Å². The smallest absolute Gasteiger partial charge is 0.303 e. The number of rotatable bonds is 17. The normalized spacial score (nSPS) is 12.7. The first kappa shape index (κ1) is 24.1. The van der Waals surface area contributed by atoms with Crippen molar-refractivity contribution < 1.29 is 18.9 Å². The van der Waals surface area contributed by atoms with Gasteiger partial charge in [0.25, 0.3) is 0 Å². The summed E-state index contributed by atoms with van der Waals surface area (Å²) in [5.74, 6) is 0. The third-order valence-corrected chi connectivity index (χ3v) is 5.40. The fourth-order valence-corrected chi connectivity index (χ4v) is 4.14. The summed E-state index contributed by atoms with van der Waals surface area (Å²) in [6.45, 7) is 6.50. The van der Waals surface area contributed by atoms with Gasteiger partial charge in [-0.1, -0.05) is 97.8 Å². The maximum Gasteiger partial charge on any atom is 0.470 e. The minimum atomic E-state index is -4.45. The number of hydrogen-bond donors (Lipinski definition) is 2. The lowest BCUT2D eigenvalue weighted by Gasteiger charge is -2.34. The minimum absolute atomic E-state index is 0.631. The second kappa shape index (κ2) is 14.3. The molecule has 2 N–H and O–H groups in total. The molecule has 5 heteroatoms. The van der Waals surface area contributed by atoms with Crippen LogP contribution in [-0.4, -0.2) is 15.4 Å². The Hall–Kier alpha value is 0.110. The molecule has 0 radical (unpaired) electrons. The molecule has 146 valence electrons. The predicted molar refractivity (Wildman–Crippen MR) is 102 cm³/mol. The molecule has 0 saturated heterocycles. The topological polar surface area (TPSA) is 66.8 Å². The highest BCUT2D eigenvalue weighted by Crippen LogP contribution is 2.47. The molecule has 0 atom stereocenters. The molecule has 0 spiro atoms. The predicted octanol–water partition coefficient (Wildman–Crippen LogP) is 6.75. The van der Waals surface area contributed by atoms with Crippen LogP contribution in [0.2, 0.25) is 0 Å². The van der Waals surface area contributed by atoms with E-state index in [9.17, 15) is 14.4 Å². The molecule has 0 aliphatic carbocycles. The molecular formula is C19H41O4P. The maximum absolute atomic E-state index is 11.6. The van der Waals surface area contributed by atoms with Crippen molar-refractivity contribution in [2.75, 3.05) is 0 Å². The van der Waals surface area contributed by atoms with Crippen LogP contribution < -0.4 is 0 Å². The van der Waals surface area contributed by atoms with Crippen molar-refractivity contribution in [2.24, 2.45) is 0 Å². The van der Waals surface area contributed by atoms with Crippen molar-refractivity contribution in [1.82, 2.24) is 0 Å². The summed E-state index contributed by atoms with van der Waals surface area (Å²) in [5, 5.41) is 0. The molecule has 0 saturated carbocycles. The van der Waals surface area contributed by atoms with Gasteiger partial charge in [0.2, 0.25) is 0 Å². The van der Waals surface area contributed by atoms with Gasteiger partial charge in [-0.2, -0.15) is 0 Å². The van der Waals surface area contributed by atoms with Gasteiger partial charge >= 0.3 is 7.82 Å². The van der Waals surface area contributed by atoms with Crippen LogP contribution in [0.15, 0.2) is 0 Å². The van der Waals surface area contributed by atoms with Gasteiger partial charge in [0.05, 0.1) is 5.60 Å². The van der Waals surface area contributed by atoms with Gasteiger partial charge in [0, 0.05) is 0 Å². The van der Waals surface area contributed by atoms with E-state index in [1.54, 1.807) is 0 Å². The average molecular weight is 365 g/mol. The third kappa shape index (κ3) is 13.4. The summed E-state index contributed by atoms with van der Waals surface area (Å²) in [5.41, 5.74) is -0.631. The first-order valence-electron chi connectivity index (χ1n) is 10.2. The Morgan fingerprint density at radius 1 is 0.667 bits per heavy atom. The van der Waals surface area contributed by atoms with Crippen LogP contribution in [0.4, 0.5) is 0 Å². The molecule has 0 aromatic carbocycles. The number of phosphoric acid groups is 1. The van der Waals surface area contributed by atoms with E-state index in [2.05, 4.69) is 20.8 Å². The SMILES string of the molecule is CCCCCCCC(CCCC)(CCCCCCC)OP(=O)(O)O. The molecule has 0 aliphatic heterocycles. The van der Waals surface area contributed by atoms with Crippen molar-refractivity contribution in [3.05, 3.63) is 0 Å². The zero-order valence-electron chi connectivity index (χ0n) is 16.3. The Bertz CT molecular complexity index is 313. The summed E-state index contributed by atoms with van der Waals surface area (Å²) in [6, 6.07) is 0. The standard InChI is InChI=1S/C19H41O4P/c1-4-7-10-12-14-17-19(16-9-6-3,23-24(20,21)22)18-15-13-11-8-5-2/h4-18H2,1-3H3,(H2,20,21,22). The first-order chi connectivity index (χ1) is 11.4. The summed E-state index contributed by atoms with van der Waals surface area (Å²) in [7, 11) is -4.45. The molecular weight excluding hydrogens is 323 g/mol. The minimum Gasteiger partial charge on any atom is -0.303 e. The zero-order valence-corrected chi connectivity index (χ0v) is 17.2. The highest BCUT2D eigenvalue weighted by molar-refractivity contribution is 7.46. The summed E-state index contributed by atoms with van der Waals surface area (Å²) in [4.78, 5) is 18.8. The Kier molecular flexibility index (Phi) is 14.4. The number of unbranched alkanes of at least 4 members (excludes halogenated alkanes) is 9. The van der Waals surface area contributed by atoms with E-state index < -0.39 is 13.4 Å². The van der Waals surface area contributed by atoms with Gasteiger partial charge in [-0.3, -0.25) is 4.52 Å². The van der Waals surface area contributed by atoms with Crippen LogP contribution >= 0.6 is 7.82 Å². The van der Waals surface area contributed by atoms with E-state index in [4.69, 9.17) is 4.52 Å². The lowest BCUT2D eigenvalue weighted by atomic mass is 9.85. The van der Waals surface area contributed by atoms with Crippen molar-refractivity contribution in [3.63, 3.8) is 0 Å². The highest BCUT2D eigenvalue weighted by atomic mass is 31.2. The van der Waals surface area contributed by atoms with Gasteiger partial charge in [0.1, 0.15) is 0 Å². The molecule has 24 heavy (non-hydrogen) atoms. The second-order valence-corrected chi connectivity index (χ2v) is 8.36. The van der Waals surface area contributed by atoms with E-state index in [0.29, 0.717) is 0 Å². The summed E-state index contributed by atoms with van der Waals surface area (Å²) >= 11 is 0. The largest absolute Gasteiger partial charge is 0.470 e. The lowest BCUT2D eigenvalue weighted by Crippen LogP contribution is -2.32. The molecule has 0 aromatic rings. The molecule has 0 fully saturated rings. The Labute approximate surface area is 150 Å². The number of phosphoric ester groups is 1. The van der Waals surface area contributed by atoms with Crippen molar-refractivity contribution in [2.45, 2.75) is 123 Å². The molecule has 0 unspecified atom stereocenters. The molecule has 0 aromatic heterocycles. The molecule has 0 heterocycles. The van der Waals surface area contributed by atoms with E-state index in [1.807, 2.05) is 0 Å². The van der Waals surface area contributed by atoms with E-state index in [-0.39, 0.29) is 0 Å².